The molecule has 3 rings (SSSR count). The van der Waals surface area contributed by atoms with Gasteiger partial charge < -0.3 is 14.8 Å². The van der Waals surface area contributed by atoms with Crippen LogP contribution in [0.25, 0.3) is 0 Å². The third kappa shape index (κ3) is 5.79. The van der Waals surface area contributed by atoms with E-state index in [1.54, 1.807) is 61.7 Å². The molecule has 0 atom stereocenters. The van der Waals surface area contributed by atoms with Crippen LogP contribution in [0.3, 0.4) is 0 Å². The molecule has 0 unspecified atom stereocenters. The average molecular weight is 455 g/mol. The van der Waals surface area contributed by atoms with E-state index in [4.69, 9.17) is 9.47 Å². The Balaban J connectivity index is 1.54. The summed E-state index contributed by atoms with van der Waals surface area (Å²) in [6, 6.07) is 18.5. The largest absolute Gasteiger partial charge is 0.493 e. The number of carbonyl (C=O) groups excluding carboxylic acids is 1. The maximum Gasteiger partial charge on any atom is 0.261 e. The van der Waals surface area contributed by atoms with E-state index in [1.165, 1.54) is 0 Å². The standard InChI is InChI=1S/C24H26N2O5S/c1-17-8-13-21(16-18(17)2)32(28,29)26-20-11-9-19(10-12-20)24(27)25-14-15-31-23-7-5-4-6-22(23)30-3/h4-13,16,26H,14-15H2,1-3H3,(H,25,27). The molecule has 0 aliphatic heterocycles. The van der Waals surface area contributed by atoms with Gasteiger partial charge in [0.15, 0.2) is 11.5 Å². The minimum Gasteiger partial charge on any atom is -0.493 e. The Labute approximate surface area is 188 Å². The number of amides is 1. The molecule has 32 heavy (non-hydrogen) atoms. The van der Waals surface area contributed by atoms with Crippen LogP contribution in [0.5, 0.6) is 11.5 Å². The Hall–Kier alpha value is -3.52. The van der Waals surface area contributed by atoms with Crippen LogP contribution in [0, 0.1) is 13.8 Å². The van der Waals surface area contributed by atoms with Gasteiger partial charge in [-0.3, -0.25) is 9.52 Å². The molecule has 0 aliphatic carbocycles. The van der Waals surface area contributed by atoms with Crippen LogP contribution in [-0.2, 0) is 10.0 Å². The third-order valence-electron chi connectivity index (χ3n) is 4.90. The van der Waals surface area contributed by atoms with Crippen molar-refractivity contribution < 1.29 is 22.7 Å². The van der Waals surface area contributed by atoms with Gasteiger partial charge in [0, 0.05) is 11.3 Å². The van der Waals surface area contributed by atoms with Gasteiger partial charge in [-0.25, -0.2) is 8.42 Å². The molecule has 0 saturated heterocycles. The van der Waals surface area contributed by atoms with Gasteiger partial charge in [0.25, 0.3) is 15.9 Å². The van der Waals surface area contributed by atoms with Crippen LogP contribution in [-0.4, -0.2) is 34.6 Å². The molecule has 0 bridgehead atoms. The van der Waals surface area contributed by atoms with Crippen molar-refractivity contribution in [3.05, 3.63) is 83.4 Å². The summed E-state index contributed by atoms with van der Waals surface area (Å²) in [6.07, 6.45) is 0. The summed E-state index contributed by atoms with van der Waals surface area (Å²) in [6.45, 7) is 4.37. The normalized spacial score (nSPS) is 11.0. The topological polar surface area (TPSA) is 93.7 Å². The molecule has 168 valence electrons. The number of methoxy groups -OCH3 is 1. The van der Waals surface area contributed by atoms with E-state index in [1.807, 2.05) is 26.0 Å². The van der Waals surface area contributed by atoms with Gasteiger partial charge in [0.1, 0.15) is 6.61 Å². The summed E-state index contributed by atoms with van der Waals surface area (Å²) in [7, 11) is -2.15. The van der Waals surface area contributed by atoms with Crippen molar-refractivity contribution in [3.63, 3.8) is 0 Å². The van der Waals surface area contributed by atoms with Crippen molar-refractivity contribution >= 4 is 21.6 Å². The molecule has 3 aromatic carbocycles. The fourth-order valence-corrected chi connectivity index (χ4v) is 4.09. The van der Waals surface area contributed by atoms with Crippen molar-refractivity contribution in [1.29, 1.82) is 0 Å². The Morgan fingerprint density at radius 2 is 1.59 bits per heavy atom. The number of para-hydroxylation sites is 2. The van der Waals surface area contributed by atoms with Gasteiger partial charge >= 0.3 is 0 Å². The lowest BCUT2D eigenvalue weighted by atomic mass is 10.1. The fraction of sp³-hybridized carbons (Fsp3) is 0.208. The van der Waals surface area contributed by atoms with Crippen LogP contribution < -0.4 is 19.5 Å². The Morgan fingerprint density at radius 1 is 0.906 bits per heavy atom. The number of ether oxygens (including phenoxy) is 2. The predicted octanol–water partition coefficient (Wildman–Crippen LogP) is 3.92. The zero-order chi connectivity index (χ0) is 23.1. The van der Waals surface area contributed by atoms with Crippen LogP contribution in [0.1, 0.15) is 21.5 Å². The third-order valence-corrected chi connectivity index (χ3v) is 6.28. The second kappa shape index (κ2) is 10.2. The maximum absolute atomic E-state index is 12.6. The molecule has 0 saturated carbocycles. The van der Waals surface area contributed by atoms with Crippen LogP contribution in [0.15, 0.2) is 71.6 Å². The lowest BCUT2D eigenvalue weighted by Gasteiger charge is -2.12. The Morgan fingerprint density at radius 3 is 2.25 bits per heavy atom. The number of rotatable bonds is 9. The SMILES string of the molecule is COc1ccccc1OCCNC(=O)c1ccc(NS(=O)(=O)c2ccc(C)c(C)c2)cc1. The molecule has 1 amide bonds. The molecular formula is C24H26N2O5S. The predicted molar refractivity (Wildman–Crippen MR) is 124 cm³/mol. The number of nitrogens with one attached hydrogen (secondary N) is 2. The highest BCUT2D eigenvalue weighted by atomic mass is 32.2. The first-order chi connectivity index (χ1) is 15.3. The summed E-state index contributed by atoms with van der Waals surface area (Å²) in [5.74, 6) is 0.944. The quantitative estimate of drug-likeness (QED) is 0.478. The van der Waals surface area contributed by atoms with E-state index in [9.17, 15) is 13.2 Å². The fourth-order valence-electron chi connectivity index (χ4n) is 2.95. The van der Waals surface area contributed by atoms with E-state index < -0.39 is 10.0 Å². The number of aryl methyl sites for hydroxylation is 2. The first kappa shape index (κ1) is 23.1. The van der Waals surface area contributed by atoms with Gasteiger partial charge in [-0.2, -0.15) is 0 Å². The number of sulfonamides is 1. The number of carbonyl (C=O) groups is 1. The van der Waals surface area contributed by atoms with Crippen molar-refractivity contribution in [3.8, 4) is 11.5 Å². The van der Waals surface area contributed by atoms with Gasteiger partial charge in [-0.1, -0.05) is 18.2 Å². The van der Waals surface area contributed by atoms with Crippen LogP contribution >= 0.6 is 0 Å². The van der Waals surface area contributed by atoms with Crippen molar-refractivity contribution in [1.82, 2.24) is 5.32 Å². The highest BCUT2D eigenvalue weighted by Crippen LogP contribution is 2.25. The van der Waals surface area contributed by atoms with E-state index in [0.29, 0.717) is 29.3 Å². The van der Waals surface area contributed by atoms with Crippen molar-refractivity contribution in [2.75, 3.05) is 25.0 Å². The molecule has 0 heterocycles. The first-order valence-electron chi connectivity index (χ1n) is 10.0. The molecule has 0 radical (unpaired) electrons. The monoisotopic (exact) mass is 454 g/mol. The van der Waals surface area contributed by atoms with E-state index in [0.717, 1.165) is 11.1 Å². The summed E-state index contributed by atoms with van der Waals surface area (Å²) in [5, 5.41) is 2.77. The van der Waals surface area contributed by atoms with E-state index in [2.05, 4.69) is 10.0 Å². The maximum atomic E-state index is 12.6. The highest BCUT2D eigenvalue weighted by molar-refractivity contribution is 7.92. The van der Waals surface area contributed by atoms with Crippen LogP contribution in [0.2, 0.25) is 0 Å². The van der Waals surface area contributed by atoms with Crippen molar-refractivity contribution in [2.24, 2.45) is 0 Å². The lowest BCUT2D eigenvalue weighted by Crippen LogP contribution is -2.28. The smallest absolute Gasteiger partial charge is 0.261 e. The van der Waals surface area contributed by atoms with Gasteiger partial charge in [-0.05, 0) is 73.5 Å². The Bertz CT molecular complexity index is 1190. The summed E-state index contributed by atoms with van der Waals surface area (Å²) in [4.78, 5) is 12.5. The van der Waals surface area contributed by atoms with E-state index in [-0.39, 0.29) is 17.4 Å². The molecule has 0 fully saturated rings. The summed E-state index contributed by atoms with van der Waals surface area (Å²) in [5.41, 5.74) is 2.71. The lowest BCUT2D eigenvalue weighted by molar-refractivity contribution is 0.0947. The van der Waals surface area contributed by atoms with Gasteiger partial charge in [0.2, 0.25) is 0 Å². The van der Waals surface area contributed by atoms with Crippen molar-refractivity contribution in [2.45, 2.75) is 18.7 Å². The molecule has 0 aromatic heterocycles. The molecule has 7 nitrogen and oxygen atoms in total. The summed E-state index contributed by atoms with van der Waals surface area (Å²) < 4.78 is 38.6. The molecule has 0 aliphatic rings. The second-order valence-corrected chi connectivity index (χ2v) is 8.87. The van der Waals surface area contributed by atoms with E-state index >= 15 is 0 Å². The average Bonchev–Trinajstić information content (AvgIpc) is 2.78. The highest BCUT2D eigenvalue weighted by Gasteiger charge is 2.15. The van der Waals surface area contributed by atoms with Gasteiger partial charge in [-0.15, -0.1) is 0 Å². The minimum absolute atomic E-state index is 0.192. The zero-order valence-electron chi connectivity index (χ0n) is 18.2. The number of hydrogen-bond acceptors (Lipinski definition) is 5. The minimum atomic E-state index is -3.71. The zero-order valence-corrected chi connectivity index (χ0v) is 19.0. The number of anilines is 1. The van der Waals surface area contributed by atoms with Gasteiger partial charge in [0.05, 0.1) is 18.6 Å². The molecule has 8 heteroatoms. The molecule has 0 spiro atoms. The molecular weight excluding hydrogens is 428 g/mol. The summed E-state index contributed by atoms with van der Waals surface area (Å²) >= 11 is 0. The first-order valence-corrected chi connectivity index (χ1v) is 11.5. The molecule has 2 N–H and O–H groups in total. The Kier molecular flexibility index (Phi) is 7.37. The number of benzene rings is 3. The second-order valence-electron chi connectivity index (χ2n) is 7.18. The van der Waals surface area contributed by atoms with Crippen LogP contribution in [0.4, 0.5) is 5.69 Å². The molecule has 3 aromatic rings. The number of hydrogen-bond donors (Lipinski definition) is 2.